The largest absolute Gasteiger partial charge is 0.481 e. The van der Waals surface area contributed by atoms with E-state index in [1.54, 1.807) is 0 Å². The Balaban J connectivity index is 1.78. The van der Waals surface area contributed by atoms with E-state index in [4.69, 9.17) is 20.3 Å². The van der Waals surface area contributed by atoms with Gasteiger partial charge in [-0.3, -0.25) is 4.79 Å². The predicted octanol–water partition coefficient (Wildman–Crippen LogP) is 0.307. The Kier molecular flexibility index (Phi) is 4.01. The zero-order chi connectivity index (χ0) is 13.0. The molecular formula is C12H16N2O4. The number of ether oxygens (including phenoxy) is 2. The highest BCUT2D eigenvalue weighted by molar-refractivity contribution is 5.67. The quantitative estimate of drug-likeness (QED) is 0.674. The Morgan fingerprint density at radius 1 is 1.44 bits per heavy atom. The van der Waals surface area contributed by atoms with Crippen molar-refractivity contribution in [3.63, 3.8) is 0 Å². The summed E-state index contributed by atoms with van der Waals surface area (Å²) in [6, 6.07) is 5.31. The van der Waals surface area contributed by atoms with Crippen molar-refractivity contribution in [3.05, 3.63) is 23.8 Å². The summed E-state index contributed by atoms with van der Waals surface area (Å²) in [5.74, 6) is 0.609. The number of carboxylic acids is 1. The van der Waals surface area contributed by atoms with Crippen LogP contribution in [0.2, 0.25) is 0 Å². The average Bonchev–Trinajstić information content (AvgIpc) is 2.75. The lowest BCUT2D eigenvalue weighted by Crippen LogP contribution is -2.35. The van der Waals surface area contributed by atoms with Crippen molar-refractivity contribution in [2.75, 3.05) is 13.3 Å². The average molecular weight is 252 g/mol. The molecule has 1 aliphatic heterocycles. The van der Waals surface area contributed by atoms with E-state index in [-0.39, 0.29) is 19.3 Å². The lowest BCUT2D eigenvalue weighted by molar-refractivity contribution is -0.137. The number of hydrogen-bond donors (Lipinski definition) is 3. The number of aliphatic carboxylic acids is 1. The molecule has 1 atom stereocenters. The van der Waals surface area contributed by atoms with Crippen molar-refractivity contribution < 1.29 is 19.4 Å². The molecule has 6 nitrogen and oxygen atoms in total. The highest BCUT2D eigenvalue weighted by atomic mass is 16.7. The Hall–Kier alpha value is -1.79. The number of nitrogens with one attached hydrogen (secondary N) is 1. The fourth-order valence-corrected chi connectivity index (χ4v) is 1.75. The van der Waals surface area contributed by atoms with Crippen LogP contribution in [0.3, 0.4) is 0 Å². The van der Waals surface area contributed by atoms with Gasteiger partial charge in [-0.15, -0.1) is 0 Å². The predicted molar refractivity (Wildman–Crippen MR) is 64.5 cm³/mol. The van der Waals surface area contributed by atoms with Crippen LogP contribution in [-0.4, -0.2) is 30.5 Å². The first-order valence-electron chi connectivity index (χ1n) is 5.72. The van der Waals surface area contributed by atoms with Gasteiger partial charge in [0.25, 0.3) is 0 Å². The second-order valence-corrected chi connectivity index (χ2v) is 4.18. The van der Waals surface area contributed by atoms with Gasteiger partial charge in [0, 0.05) is 19.1 Å². The Bertz CT molecular complexity index is 436. The molecule has 0 saturated heterocycles. The van der Waals surface area contributed by atoms with E-state index < -0.39 is 5.97 Å². The summed E-state index contributed by atoms with van der Waals surface area (Å²) in [5, 5.41) is 11.7. The van der Waals surface area contributed by atoms with Gasteiger partial charge in [-0.1, -0.05) is 6.07 Å². The summed E-state index contributed by atoms with van der Waals surface area (Å²) in [6.07, 6.45) is -0.0336. The van der Waals surface area contributed by atoms with E-state index in [1.807, 2.05) is 18.2 Å². The number of carboxylic acid groups (broad SMARTS) is 1. The smallest absolute Gasteiger partial charge is 0.304 e. The van der Waals surface area contributed by atoms with Gasteiger partial charge < -0.3 is 25.6 Å². The van der Waals surface area contributed by atoms with E-state index >= 15 is 0 Å². The fraction of sp³-hybridized carbons (Fsp3) is 0.417. The van der Waals surface area contributed by atoms with Crippen molar-refractivity contribution in [2.24, 2.45) is 5.73 Å². The number of nitrogens with two attached hydrogens (primary N) is 1. The van der Waals surface area contributed by atoms with Gasteiger partial charge in [0.15, 0.2) is 11.5 Å². The normalized spacial score (nSPS) is 14.5. The summed E-state index contributed by atoms with van der Waals surface area (Å²) in [4.78, 5) is 10.4. The molecule has 1 aromatic rings. The Labute approximate surface area is 105 Å². The molecule has 1 aliphatic rings. The lowest BCUT2D eigenvalue weighted by atomic mass is 10.2. The highest BCUT2D eigenvalue weighted by Crippen LogP contribution is 2.32. The maximum Gasteiger partial charge on any atom is 0.304 e. The molecule has 0 spiro atoms. The Morgan fingerprint density at radius 3 is 3.00 bits per heavy atom. The lowest BCUT2D eigenvalue weighted by Gasteiger charge is -2.10. The fourth-order valence-electron chi connectivity index (χ4n) is 1.75. The maximum absolute atomic E-state index is 10.4. The van der Waals surface area contributed by atoms with Gasteiger partial charge in [0.1, 0.15) is 0 Å². The van der Waals surface area contributed by atoms with Crippen LogP contribution in [0.25, 0.3) is 0 Å². The first-order valence-corrected chi connectivity index (χ1v) is 5.72. The number of carbonyl (C=O) groups is 1. The first-order chi connectivity index (χ1) is 8.65. The monoisotopic (exact) mass is 252 g/mol. The molecule has 0 amide bonds. The standard InChI is InChI=1S/C12H16N2O4/c13-9(4-12(15)16)6-14-5-8-1-2-10-11(3-8)18-7-17-10/h1-3,9,14H,4-7,13H2,(H,15,16). The van der Waals surface area contributed by atoms with E-state index in [0.717, 1.165) is 17.1 Å². The van der Waals surface area contributed by atoms with Crippen LogP contribution in [0.4, 0.5) is 0 Å². The molecule has 6 heteroatoms. The van der Waals surface area contributed by atoms with Crippen molar-refractivity contribution in [1.29, 1.82) is 0 Å². The van der Waals surface area contributed by atoms with E-state index in [9.17, 15) is 4.79 Å². The van der Waals surface area contributed by atoms with Gasteiger partial charge in [0.05, 0.1) is 6.42 Å². The molecule has 1 unspecified atom stereocenters. The van der Waals surface area contributed by atoms with Crippen LogP contribution in [0.1, 0.15) is 12.0 Å². The molecule has 0 bridgehead atoms. The molecule has 0 fully saturated rings. The van der Waals surface area contributed by atoms with Gasteiger partial charge in [-0.05, 0) is 17.7 Å². The molecule has 98 valence electrons. The molecule has 2 rings (SSSR count). The van der Waals surface area contributed by atoms with Crippen LogP contribution in [-0.2, 0) is 11.3 Å². The Morgan fingerprint density at radius 2 is 2.22 bits per heavy atom. The first kappa shape index (κ1) is 12.7. The van der Waals surface area contributed by atoms with Gasteiger partial charge >= 0.3 is 5.97 Å². The molecule has 1 aromatic carbocycles. The van der Waals surface area contributed by atoms with Crippen molar-refractivity contribution in [1.82, 2.24) is 5.32 Å². The van der Waals surface area contributed by atoms with Crippen LogP contribution < -0.4 is 20.5 Å². The van der Waals surface area contributed by atoms with Crippen LogP contribution in [0, 0.1) is 0 Å². The SMILES string of the molecule is NC(CNCc1ccc2c(c1)OCO2)CC(=O)O. The minimum atomic E-state index is -0.882. The summed E-state index contributed by atoms with van der Waals surface area (Å²) >= 11 is 0. The van der Waals surface area contributed by atoms with Gasteiger partial charge in [0.2, 0.25) is 6.79 Å². The number of fused-ring (bicyclic) bond motifs is 1. The van der Waals surface area contributed by atoms with Crippen molar-refractivity contribution in [3.8, 4) is 11.5 Å². The van der Waals surface area contributed by atoms with Crippen molar-refractivity contribution >= 4 is 5.97 Å². The maximum atomic E-state index is 10.4. The molecular weight excluding hydrogens is 236 g/mol. The minimum absolute atomic E-state index is 0.0336. The van der Waals surface area contributed by atoms with E-state index in [2.05, 4.69) is 5.32 Å². The number of rotatable bonds is 6. The molecule has 1 heterocycles. The third kappa shape index (κ3) is 3.35. The third-order valence-electron chi connectivity index (χ3n) is 2.61. The summed E-state index contributed by atoms with van der Waals surface area (Å²) in [7, 11) is 0. The van der Waals surface area contributed by atoms with Gasteiger partial charge in [-0.25, -0.2) is 0 Å². The van der Waals surface area contributed by atoms with Gasteiger partial charge in [-0.2, -0.15) is 0 Å². The second kappa shape index (κ2) is 5.70. The highest BCUT2D eigenvalue weighted by Gasteiger charge is 2.13. The summed E-state index contributed by atoms with van der Waals surface area (Å²) < 4.78 is 10.5. The zero-order valence-corrected chi connectivity index (χ0v) is 9.89. The second-order valence-electron chi connectivity index (χ2n) is 4.18. The molecule has 0 aromatic heterocycles. The molecule has 4 N–H and O–H groups in total. The molecule has 0 radical (unpaired) electrons. The third-order valence-corrected chi connectivity index (χ3v) is 2.61. The minimum Gasteiger partial charge on any atom is -0.481 e. The zero-order valence-electron chi connectivity index (χ0n) is 9.89. The number of hydrogen-bond acceptors (Lipinski definition) is 5. The topological polar surface area (TPSA) is 93.8 Å². The van der Waals surface area contributed by atoms with Crippen LogP contribution in [0.15, 0.2) is 18.2 Å². The van der Waals surface area contributed by atoms with Crippen molar-refractivity contribution in [2.45, 2.75) is 19.0 Å². The van der Waals surface area contributed by atoms with Crippen LogP contribution >= 0.6 is 0 Å². The van der Waals surface area contributed by atoms with E-state index in [0.29, 0.717) is 13.1 Å². The molecule has 18 heavy (non-hydrogen) atoms. The summed E-state index contributed by atoms with van der Waals surface area (Å²) in [5.41, 5.74) is 6.68. The van der Waals surface area contributed by atoms with Crippen LogP contribution in [0.5, 0.6) is 11.5 Å². The summed E-state index contributed by atoms with van der Waals surface area (Å²) in [6.45, 7) is 1.33. The molecule has 0 aliphatic carbocycles. The van der Waals surface area contributed by atoms with E-state index in [1.165, 1.54) is 0 Å². The number of benzene rings is 1. The molecule has 0 saturated carbocycles.